The molecule has 0 aliphatic rings. The first-order valence-electron chi connectivity index (χ1n) is 10.1. The Hall–Kier alpha value is -1.99. The van der Waals surface area contributed by atoms with E-state index in [2.05, 4.69) is 121 Å². The van der Waals surface area contributed by atoms with Crippen molar-refractivity contribution in [3.8, 4) is 0 Å². The Morgan fingerprint density at radius 3 is 1.04 bits per heavy atom. The van der Waals surface area contributed by atoms with Gasteiger partial charge in [0.15, 0.2) is 14.7 Å². The van der Waals surface area contributed by atoms with Crippen LogP contribution in [0.2, 0.25) is 0 Å². The molecule has 0 heterocycles. The van der Waals surface area contributed by atoms with Crippen molar-refractivity contribution in [2.24, 2.45) is 0 Å². The Kier molecular flexibility index (Phi) is 5.77. The molecule has 0 fully saturated rings. The van der Waals surface area contributed by atoms with Crippen molar-refractivity contribution in [2.45, 2.75) is 74.0 Å². The first-order valence-corrected chi connectivity index (χ1v) is 11.3. The number of hydrogen-bond acceptors (Lipinski definition) is 0. The van der Waals surface area contributed by atoms with Crippen LogP contribution < -0.4 is 0 Å². The second kappa shape index (κ2) is 7.79. The van der Waals surface area contributed by atoms with Gasteiger partial charge in [-0.25, -0.2) is 0 Å². The highest BCUT2D eigenvalue weighted by molar-refractivity contribution is 7.97. The summed E-state index contributed by atoms with van der Waals surface area (Å²) in [4.78, 5) is 4.12. The molecule has 0 saturated carbocycles. The van der Waals surface area contributed by atoms with Crippen LogP contribution >= 0.6 is 0 Å². The van der Waals surface area contributed by atoms with E-state index in [0.29, 0.717) is 0 Å². The van der Waals surface area contributed by atoms with Gasteiger partial charge in [0.05, 0.1) is 10.9 Å². The van der Waals surface area contributed by atoms with Gasteiger partial charge >= 0.3 is 0 Å². The van der Waals surface area contributed by atoms with Gasteiger partial charge in [-0.3, -0.25) is 0 Å². The van der Waals surface area contributed by atoms with Gasteiger partial charge < -0.3 is 0 Å². The zero-order valence-corrected chi connectivity index (χ0v) is 19.2. The van der Waals surface area contributed by atoms with Crippen molar-refractivity contribution in [2.75, 3.05) is 0 Å². The summed E-state index contributed by atoms with van der Waals surface area (Å²) in [7, 11) is -0.0930. The quantitative estimate of drug-likeness (QED) is 0.403. The zero-order valence-electron chi connectivity index (χ0n) is 18.3. The first kappa shape index (κ1) is 20.7. The molecule has 0 amide bonds. The fourth-order valence-electron chi connectivity index (χ4n) is 3.26. The Morgan fingerprint density at radius 1 is 0.464 bits per heavy atom. The van der Waals surface area contributed by atoms with Crippen LogP contribution in [0, 0.1) is 6.92 Å². The van der Waals surface area contributed by atoms with E-state index in [-0.39, 0.29) is 21.7 Å². The fourth-order valence-corrected chi connectivity index (χ4v) is 5.31. The van der Waals surface area contributed by atoms with E-state index in [4.69, 9.17) is 0 Å². The molecule has 0 N–H and O–H groups in total. The van der Waals surface area contributed by atoms with Gasteiger partial charge in [-0.2, -0.15) is 0 Å². The van der Waals surface area contributed by atoms with Gasteiger partial charge in [-0.15, -0.1) is 0 Å². The summed E-state index contributed by atoms with van der Waals surface area (Å²) in [6.45, 7) is 15.8. The Labute approximate surface area is 174 Å². The highest BCUT2D eigenvalue weighted by atomic mass is 32.2. The lowest BCUT2D eigenvalue weighted by molar-refractivity contribution is 0.589. The summed E-state index contributed by atoms with van der Waals surface area (Å²) in [5.41, 5.74) is 4.42. The summed E-state index contributed by atoms with van der Waals surface area (Å²) in [6, 6.07) is 27.5. The van der Waals surface area contributed by atoms with Gasteiger partial charge in [0.2, 0.25) is 0 Å². The third kappa shape index (κ3) is 4.70. The lowest BCUT2D eigenvalue weighted by Crippen LogP contribution is -2.13. The van der Waals surface area contributed by atoms with Crippen LogP contribution in [0.15, 0.2) is 87.5 Å². The van der Waals surface area contributed by atoms with E-state index in [1.54, 1.807) is 0 Å². The summed E-state index contributed by atoms with van der Waals surface area (Å²) in [5.74, 6) is 0. The average Bonchev–Trinajstić information content (AvgIpc) is 2.63. The van der Waals surface area contributed by atoms with Gasteiger partial charge in [-0.05, 0) is 65.3 Å². The summed E-state index contributed by atoms with van der Waals surface area (Å²) >= 11 is 0. The van der Waals surface area contributed by atoms with E-state index in [0.717, 1.165) is 0 Å². The molecule has 0 saturated heterocycles. The second-order valence-electron chi connectivity index (χ2n) is 9.67. The molecular formula is C27H33S+. The molecule has 0 unspecified atom stereocenters. The molecule has 0 aliphatic carbocycles. The van der Waals surface area contributed by atoms with Crippen molar-refractivity contribution in [1.29, 1.82) is 0 Å². The molecule has 0 spiro atoms. The van der Waals surface area contributed by atoms with Gasteiger partial charge in [0.25, 0.3) is 0 Å². The van der Waals surface area contributed by atoms with Crippen molar-refractivity contribution < 1.29 is 0 Å². The van der Waals surface area contributed by atoms with E-state index >= 15 is 0 Å². The highest BCUT2D eigenvalue weighted by Crippen LogP contribution is 2.34. The lowest BCUT2D eigenvalue weighted by Gasteiger charge is -2.20. The van der Waals surface area contributed by atoms with Crippen LogP contribution in [-0.2, 0) is 21.7 Å². The topological polar surface area (TPSA) is 0 Å². The SMILES string of the molecule is Cc1ccc([S+](c2ccc(C(C)(C)C)cc2)c2ccc(C(C)(C)C)cc2)cc1. The third-order valence-electron chi connectivity index (χ3n) is 5.17. The number of rotatable bonds is 3. The summed E-state index contributed by atoms with van der Waals surface area (Å²) in [5, 5.41) is 0. The van der Waals surface area contributed by atoms with Crippen LogP contribution in [0.5, 0.6) is 0 Å². The molecule has 0 bridgehead atoms. The maximum Gasteiger partial charge on any atom is 0.166 e. The Morgan fingerprint density at radius 2 is 0.750 bits per heavy atom. The largest absolute Gasteiger partial charge is 0.166 e. The summed E-state index contributed by atoms with van der Waals surface area (Å²) < 4.78 is 0. The molecule has 146 valence electrons. The van der Waals surface area contributed by atoms with E-state index in [1.165, 1.54) is 31.4 Å². The average molecular weight is 390 g/mol. The summed E-state index contributed by atoms with van der Waals surface area (Å²) in [6.07, 6.45) is 0. The standard InChI is InChI=1S/C27H33S/c1-20-8-14-23(15-9-20)28(24-16-10-21(11-17-24)26(2,3)4)25-18-12-22(13-19-25)27(5,6)7/h8-19H,1-7H3/q+1. The Balaban J connectivity index is 2.06. The molecule has 1 heteroatoms. The first-order chi connectivity index (χ1) is 13.1. The zero-order chi connectivity index (χ0) is 20.5. The minimum atomic E-state index is -0.0930. The lowest BCUT2D eigenvalue weighted by atomic mass is 9.87. The molecule has 0 nitrogen and oxygen atoms in total. The molecule has 3 rings (SSSR count). The maximum atomic E-state index is 2.32. The van der Waals surface area contributed by atoms with Crippen molar-refractivity contribution in [1.82, 2.24) is 0 Å². The van der Waals surface area contributed by atoms with E-state index < -0.39 is 0 Å². The molecule has 0 atom stereocenters. The third-order valence-corrected chi connectivity index (χ3v) is 7.40. The predicted molar refractivity (Wildman–Crippen MR) is 124 cm³/mol. The monoisotopic (exact) mass is 389 g/mol. The highest BCUT2D eigenvalue weighted by Gasteiger charge is 2.29. The smallest absolute Gasteiger partial charge is 0.0561 e. The van der Waals surface area contributed by atoms with Crippen molar-refractivity contribution >= 4 is 10.9 Å². The Bertz CT molecular complexity index is 845. The predicted octanol–water partition coefficient (Wildman–Crippen LogP) is 7.69. The van der Waals surface area contributed by atoms with Gasteiger partial charge in [0.1, 0.15) is 0 Å². The molecular weight excluding hydrogens is 356 g/mol. The van der Waals surface area contributed by atoms with Crippen LogP contribution in [0.25, 0.3) is 0 Å². The molecule has 3 aromatic carbocycles. The van der Waals surface area contributed by atoms with Gasteiger partial charge in [0, 0.05) is 0 Å². The van der Waals surface area contributed by atoms with Crippen LogP contribution in [0.4, 0.5) is 0 Å². The van der Waals surface area contributed by atoms with Crippen LogP contribution in [0.3, 0.4) is 0 Å². The second-order valence-corrected chi connectivity index (χ2v) is 11.7. The number of hydrogen-bond donors (Lipinski definition) is 0. The van der Waals surface area contributed by atoms with E-state index in [9.17, 15) is 0 Å². The number of benzene rings is 3. The minimum Gasteiger partial charge on any atom is -0.0561 e. The van der Waals surface area contributed by atoms with Crippen molar-refractivity contribution in [3.63, 3.8) is 0 Å². The fraction of sp³-hybridized carbons (Fsp3) is 0.333. The normalized spacial score (nSPS) is 12.4. The van der Waals surface area contributed by atoms with Gasteiger partial charge in [-0.1, -0.05) is 83.5 Å². The molecule has 0 aromatic heterocycles. The molecule has 28 heavy (non-hydrogen) atoms. The van der Waals surface area contributed by atoms with Crippen LogP contribution in [-0.4, -0.2) is 0 Å². The van der Waals surface area contributed by atoms with E-state index in [1.807, 2.05) is 0 Å². The maximum absolute atomic E-state index is 2.32. The molecule has 3 aromatic rings. The van der Waals surface area contributed by atoms with Crippen LogP contribution in [0.1, 0.15) is 58.2 Å². The minimum absolute atomic E-state index is 0.0930. The molecule has 0 aliphatic heterocycles. The van der Waals surface area contributed by atoms with Crippen molar-refractivity contribution in [3.05, 3.63) is 89.5 Å². The number of aryl methyl sites for hydroxylation is 1. The molecule has 0 radical (unpaired) electrons.